The molecule has 2 aromatic carbocycles. The van der Waals surface area contributed by atoms with Crippen molar-refractivity contribution in [3.63, 3.8) is 0 Å². The first-order valence-corrected chi connectivity index (χ1v) is 9.90. The third-order valence-electron chi connectivity index (χ3n) is 4.68. The van der Waals surface area contributed by atoms with Crippen LogP contribution in [-0.4, -0.2) is 39.9 Å². The molecule has 162 valence electrons. The van der Waals surface area contributed by atoms with Crippen LogP contribution in [0.1, 0.15) is 22.8 Å². The van der Waals surface area contributed by atoms with Gasteiger partial charge in [-0.2, -0.15) is 9.97 Å². The van der Waals surface area contributed by atoms with Gasteiger partial charge in [0, 0.05) is 17.7 Å². The molecule has 0 aliphatic carbocycles. The van der Waals surface area contributed by atoms with E-state index < -0.39 is 0 Å². The Labute approximate surface area is 183 Å². The maximum absolute atomic E-state index is 13.1. The fourth-order valence-corrected chi connectivity index (χ4v) is 3.11. The number of aromatic nitrogens is 4. The van der Waals surface area contributed by atoms with Crippen molar-refractivity contribution in [3.8, 4) is 22.9 Å². The number of hydrogen-bond donors (Lipinski definition) is 1. The molecule has 0 radical (unpaired) electrons. The van der Waals surface area contributed by atoms with Gasteiger partial charge in [0.25, 0.3) is 0 Å². The van der Waals surface area contributed by atoms with Gasteiger partial charge in [0.15, 0.2) is 17.5 Å². The van der Waals surface area contributed by atoms with Crippen LogP contribution in [-0.2, 0) is 6.54 Å². The number of ether oxygens (including phenoxy) is 2. The van der Waals surface area contributed by atoms with E-state index in [4.69, 9.17) is 9.47 Å². The molecule has 0 bridgehead atoms. The van der Waals surface area contributed by atoms with Crippen LogP contribution in [0.15, 0.2) is 48.7 Å². The average molecular weight is 433 g/mol. The van der Waals surface area contributed by atoms with E-state index in [-0.39, 0.29) is 11.7 Å². The number of rotatable bonds is 8. The molecule has 0 atom stereocenters. The van der Waals surface area contributed by atoms with Crippen LogP contribution in [0.3, 0.4) is 0 Å². The summed E-state index contributed by atoms with van der Waals surface area (Å²) in [6.07, 6.45) is 2.29. The molecular weight excluding hydrogens is 413 g/mol. The Morgan fingerprint density at radius 3 is 2.62 bits per heavy atom. The molecule has 0 amide bonds. The van der Waals surface area contributed by atoms with Crippen LogP contribution in [0.2, 0.25) is 0 Å². The van der Waals surface area contributed by atoms with Crippen LogP contribution in [0, 0.1) is 5.82 Å². The molecule has 1 N–H and O–H groups in total. The number of carbonyl (C=O) groups is 1. The normalized spacial score (nSPS) is 10.7. The van der Waals surface area contributed by atoms with Gasteiger partial charge >= 0.3 is 0 Å². The summed E-state index contributed by atoms with van der Waals surface area (Å²) in [5.41, 5.74) is 3.11. The van der Waals surface area contributed by atoms with Gasteiger partial charge < -0.3 is 14.8 Å². The van der Waals surface area contributed by atoms with Crippen LogP contribution in [0.25, 0.3) is 22.4 Å². The molecule has 9 heteroatoms. The summed E-state index contributed by atoms with van der Waals surface area (Å²) < 4.78 is 24.0. The molecule has 8 nitrogen and oxygen atoms in total. The number of fused-ring (bicyclic) bond motifs is 1. The van der Waals surface area contributed by atoms with Crippen LogP contribution < -0.4 is 14.8 Å². The fraction of sp³-hybridized carbons (Fsp3) is 0.174. The molecule has 0 saturated carbocycles. The Bertz CT molecular complexity index is 1260. The summed E-state index contributed by atoms with van der Waals surface area (Å²) in [5.74, 6) is 0.856. The predicted molar refractivity (Wildman–Crippen MR) is 117 cm³/mol. The maximum Gasteiger partial charge on any atom is 0.247 e. The standard InChI is InChI=1S/C23H20FN5O3/c1-3-32-22-20-21(28-23(29-22)26-11-14-4-6-16(24)7-5-14)25-12-19(27-20)18-9-8-17(31-2)10-15(18)13-30/h4-10,12-13H,3,11H2,1-2H3,(H,25,26,28,29). The molecule has 0 aliphatic heterocycles. The van der Waals surface area contributed by atoms with E-state index in [9.17, 15) is 9.18 Å². The monoisotopic (exact) mass is 433 g/mol. The topological polar surface area (TPSA) is 99.1 Å². The van der Waals surface area contributed by atoms with Gasteiger partial charge in [-0.05, 0) is 42.8 Å². The summed E-state index contributed by atoms with van der Waals surface area (Å²) >= 11 is 0. The maximum atomic E-state index is 13.1. The van der Waals surface area contributed by atoms with Gasteiger partial charge in [0.2, 0.25) is 11.8 Å². The van der Waals surface area contributed by atoms with Crippen molar-refractivity contribution >= 4 is 23.4 Å². The van der Waals surface area contributed by atoms with Crippen LogP contribution in [0.5, 0.6) is 11.6 Å². The molecule has 2 aromatic heterocycles. The van der Waals surface area contributed by atoms with E-state index in [1.165, 1.54) is 19.2 Å². The van der Waals surface area contributed by atoms with Crippen molar-refractivity contribution in [1.82, 2.24) is 19.9 Å². The first-order chi connectivity index (χ1) is 15.6. The van der Waals surface area contributed by atoms with E-state index in [0.29, 0.717) is 52.8 Å². The molecule has 4 rings (SSSR count). The Morgan fingerprint density at radius 1 is 1.09 bits per heavy atom. The molecule has 0 saturated heterocycles. The molecular formula is C23H20FN5O3. The van der Waals surface area contributed by atoms with Gasteiger partial charge in [-0.15, -0.1) is 0 Å². The minimum absolute atomic E-state index is 0.273. The van der Waals surface area contributed by atoms with Crippen molar-refractivity contribution in [2.75, 3.05) is 19.0 Å². The Hall–Kier alpha value is -4.14. The third kappa shape index (κ3) is 4.46. The van der Waals surface area contributed by atoms with Gasteiger partial charge in [-0.1, -0.05) is 12.1 Å². The van der Waals surface area contributed by atoms with Crippen molar-refractivity contribution in [1.29, 1.82) is 0 Å². The second kappa shape index (κ2) is 9.34. The summed E-state index contributed by atoms with van der Waals surface area (Å²) in [6.45, 7) is 2.61. The lowest BCUT2D eigenvalue weighted by Gasteiger charge is -2.11. The van der Waals surface area contributed by atoms with Crippen molar-refractivity contribution in [2.24, 2.45) is 0 Å². The molecule has 4 aromatic rings. The SMILES string of the molecule is CCOc1nc(NCc2ccc(F)cc2)nc2ncc(-c3ccc(OC)cc3C=O)nc12. The molecule has 0 fully saturated rings. The highest BCUT2D eigenvalue weighted by atomic mass is 19.1. The lowest BCUT2D eigenvalue weighted by molar-refractivity contribution is 0.112. The Morgan fingerprint density at radius 2 is 1.91 bits per heavy atom. The number of halogens is 1. The predicted octanol–water partition coefficient (Wildman–Crippen LogP) is 4.06. The lowest BCUT2D eigenvalue weighted by atomic mass is 10.1. The van der Waals surface area contributed by atoms with Gasteiger partial charge in [-0.3, -0.25) is 4.79 Å². The number of benzene rings is 2. The first-order valence-electron chi connectivity index (χ1n) is 9.90. The fourth-order valence-electron chi connectivity index (χ4n) is 3.11. The number of carbonyl (C=O) groups excluding carboxylic acids is 1. The Kier molecular flexibility index (Phi) is 6.16. The zero-order valence-corrected chi connectivity index (χ0v) is 17.5. The highest BCUT2D eigenvalue weighted by Crippen LogP contribution is 2.28. The quantitative estimate of drug-likeness (QED) is 0.416. The molecule has 0 aliphatic rings. The number of nitrogens with zero attached hydrogens (tertiary/aromatic N) is 4. The summed E-state index contributed by atoms with van der Waals surface area (Å²) in [5, 5.41) is 3.10. The highest BCUT2D eigenvalue weighted by Gasteiger charge is 2.15. The number of methoxy groups -OCH3 is 1. The summed E-state index contributed by atoms with van der Waals surface area (Å²) in [6, 6.07) is 11.3. The van der Waals surface area contributed by atoms with E-state index >= 15 is 0 Å². The number of hydrogen-bond acceptors (Lipinski definition) is 8. The average Bonchev–Trinajstić information content (AvgIpc) is 2.83. The second-order valence-electron chi connectivity index (χ2n) is 6.76. The van der Waals surface area contributed by atoms with Gasteiger partial charge in [-0.25, -0.2) is 14.4 Å². The van der Waals surface area contributed by atoms with E-state index in [2.05, 4.69) is 25.3 Å². The smallest absolute Gasteiger partial charge is 0.247 e. The lowest BCUT2D eigenvalue weighted by Crippen LogP contribution is -2.07. The minimum Gasteiger partial charge on any atom is -0.497 e. The van der Waals surface area contributed by atoms with E-state index in [1.807, 2.05) is 6.92 Å². The molecule has 0 spiro atoms. The number of anilines is 1. The van der Waals surface area contributed by atoms with Gasteiger partial charge in [0.05, 0.1) is 25.6 Å². The molecule has 32 heavy (non-hydrogen) atoms. The first kappa shape index (κ1) is 21.1. The van der Waals surface area contributed by atoms with Crippen molar-refractivity contribution in [2.45, 2.75) is 13.5 Å². The summed E-state index contributed by atoms with van der Waals surface area (Å²) in [4.78, 5) is 29.4. The van der Waals surface area contributed by atoms with Crippen molar-refractivity contribution < 1.29 is 18.7 Å². The van der Waals surface area contributed by atoms with E-state index in [0.717, 1.165) is 11.8 Å². The molecule has 0 unspecified atom stereocenters. The largest absolute Gasteiger partial charge is 0.497 e. The van der Waals surface area contributed by atoms with Crippen LogP contribution >= 0.6 is 0 Å². The zero-order chi connectivity index (χ0) is 22.5. The van der Waals surface area contributed by atoms with Crippen molar-refractivity contribution in [3.05, 3.63) is 65.6 Å². The number of aldehydes is 1. The summed E-state index contributed by atoms with van der Waals surface area (Å²) in [7, 11) is 1.53. The van der Waals surface area contributed by atoms with Gasteiger partial charge in [0.1, 0.15) is 11.6 Å². The van der Waals surface area contributed by atoms with E-state index in [1.54, 1.807) is 36.5 Å². The minimum atomic E-state index is -0.296. The zero-order valence-electron chi connectivity index (χ0n) is 17.5. The number of nitrogens with one attached hydrogen (secondary N) is 1. The van der Waals surface area contributed by atoms with Crippen LogP contribution in [0.4, 0.5) is 10.3 Å². The third-order valence-corrected chi connectivity index (χ3v) is 4.68. The Balaban J connectivity index is 1.70. The second-order valence-corrected chi connectivity index (χ2v) is 6.76. The highest BCUT2D eigenvalue weighted by molar-refractivity contribution is 5.88. The molecule has 2 heterocycles.